The summed E-state index contributed by atoms with van der Waals surface area (Å²) in [6.45, 7) is 0.695. The SMILES string of the molecule is O=S(O)Nc1ccc(NCCCc2ccc(Cl)cc2F)cc1. The van der Waals surface area contributed by atoms with Crippen molar-refractivity contribution in [3.8, 4) is 0 Å². The Morgan fingerprint density at radius 1 is 1.14 bits per heavy atom. The first-order chi connectivity index (χ1) is 10.5. The highest BCUT2D eigenvalue weighted by Crippen LogP contribution is 2.17. The molecule has 0 aliphatic heterocycles. The van der Waals surface area contributed by atoms with Gasteiger partial charge < -0.3 is 5.32 Å². The van der Waals surface area contributed by atoms with E-state index >= 15 is 0 Å². The Bertz CT molecular complexity index is 652. The fourth-order valence-electron chi connectivity index (χ4n) is 1.99. The number of aryl methyl sites for hydroxylation is 1. The van der Waals surface area contributed by atoms with E-state index in [1.807, 2.05) is 0 Å². The average Bonchev–Trinajstić information content (AvgIpc) is 2.46. The number of hydrogen-bond acceptors (Lipinski definition) is 2. The number of halogens is 2. The van der Waals surface area contributed by atoms with Crippen molar-refractivity contribution >= 4 is 34.2 Å². The zero-order valence-corrected chi connectivity index (χ0v) is 13.3. The molecule has 4 nitrogen and oxygen atoms in total. The van der Waals surface area contributed by atoms with Crippen LogP contribution in [0.5, 0.6) is 0 Å². The molecule has 0 radical (unpaired) electrons. The third-order valence-electron chi connectivity index (χ3n) is 3.06. The lowest BCUT2D eigenvalue weighted by Crippen LogP contribution is -2.05. The number of nitrogens with one attached hydrogen (secondary N) is 2. The first-order valence-electron chi connectivity index (χ1n) is 6.70. The van der Waals surface area contributed by atoms with Gasteiger partial charge in [-0.15, -0.1) is 0 Å². The van der Waals surface area contributed by atoms with Crippen LogP contribution in [0.25, 0.3) is 0 Å². The van der Waals surface area contributed by atoms with Crippen LogP contribution in [0, 0.1) is 5.82 Å². The smallest absolute Gasteiger partial charge is 0.259 e. The molecule has 2 aromatic carbocycles. The summed E-state index contributed by atoms with van der Waals surface area (Å²) in [5, 5.41) is 3.61. The van der Waals surface area contributed by atoms with E-state index < -0.39 is 11.3 Å². The molecule has 118 valence electrons. The third kappa shape index (κ3) is 5.29. The second-order valence-corrected chi connectivity index (χ2v) is 5.83. The Kier molecular flexibility index (Phi) is 6.18. The minimum absolute atomic E-state index is 0.278. The van der Waals surface area contributed by atoms with Crippen molar-refractivity contribution in [1.29, 1.82) is 0 Å². The average molecular weight is 343 g/mol. The van der Waals surface area contributed by atoms with Crippen LogP contribution in [0.3, 0.4) is 0 Å². The lowest BCUT2D eigenvalue weighted by molar-refractivity contribution is 0.570. The van der Waals surface area contributed by atoms with Gasteiger partial charge in [0.25, 0.3) is 11.3 Å². The number of hydrogen-bond donors (Lipinski definition) is 3. The summed E-state index contributed by atoms with van der Waals surface area (Å²) >= 11 is 3.64. The van der Waals surface area contributed by atoms with Crippen molar-refractivity contribution in [2.75, 3.05) is 16.6 Å². The molecule has 7 heteroatoms. The zero-order valence-electron chi connectivity index (χ0n) is 11.7. The highest BCUT2D eigenvalue weighted by molar-refractivity contribution is 7.80. The molecular weight excluding hydrogens is 327 g/mol. The summed E-state index contributed by atoms with van der Waals surface area (Å²) in [4.78, 5) is 0. The number of anilines is 2. The highest BCUT2D eigenvalue weighted by atomic mass is 35.5. The van der Waals surface area contributed by atoms with Gasteiger partial charge in [-0.3, -0.25) is 9.27 Å². The van der Waals surface area contributed by atoms with Gasteiger partial charge >= 0.3 is 0 Å². The summed E-state index contributed by atoms with van der Waals surface area (Å²) in [5.74, 6) is -0.278. The van der Waals surface area contributed by atoms with E-state index in [1.54, 1.807) is 36.4 Å². The monoisotopic (exact) mass is 342 g/mol. The molecule has 2 aromatic rings. The van der Waals surface area contributed by atoms with Crippen LogP contribution in [-0.2, 0) is 17.7 Å². The van der Waals surface area contributed by atoms with Gasteiger partial charge in [-0.2, -0.15) is 0 Å². The first kappa shape index (κ1) is 16.7. The molecule has 3 N–H and O–H groups in total. The molecule has 22 heavy (non-hydrogen) atoms. The largest absolute Gasteiger partial charge is 0.385 e. The molecule has 0 aliphatic carbocycles. The van der Waals surface area contributed by atoms with Gasteiger partial charge in [-0.1, -0.05) is 17.7 Å². The van der Waals surface area contributed by atoms with Crippen LogP contribution in [-0.4, -0.2) is 15.3 Å². The molecule has 0 amide bonds. The summed E-state index contributed by atoms with van der Waals surface area (Å²) in [6.07, 6.45) is 1.40. The Morgan fingerprint density at radius 3 is 2.45 bits per heavy atom. The van der Waals surface area contributed by atoms with E-state index in [-0.39, 0.29) is 5.82 Å². The second kappa shape index (κ2) is 8.12. The predicted octanol–water partition coefficient (Wildman–Crippen LogP) is 4.07. The molecule has 0 saturated carbocycles. The van der Waals surface area contributed by atoms with Gasteiger partial charge in [0.15, 0.2) is 0 Å². The van der Waals surface area contributed by atoms with Gasteiger partial charge in [-0.25, -0.2) is 8.60 Å². The van der Waals surface area contributed by atoms with E-state index in [1.165, 1.54) is 6.07 Å². The molecule has 0 spiro atoms. The minimum atomic E-state index is -2.07. The number of benzene rings is 2. The van der Waals surface area contributed by atoms with E-state index in [0.29, 0.717) is 29.2 Å². The molecule has 0 bridgehead atoms. The van der Waals surface area contributed by atoms with Gasteiger partial charge in [0, 0.05) is 22.9 Å². The molecule has 0 aliphatic rings. The van der Waals surface area contributed by atoms with Crippen molar-refractivity contribution in [1.82, 2.24) is 0 Å². The molecular formula is C15H16ClFN2O2S. The zero-order chi connectivity index (χ0) is 15.9. The summed E-state index contributed by atoms with van der Waals surface area (Å²) < 4.78 is 35.3. The van der Waals surface area contributed by atoms with E-state index in [9.17, 15) is 8.60 Å². The van der Waals surface area contributed by atoms with Crippen molar-refractivity contribution in [2.24, 2.45) is 0 Å². The summed E-state index contributed by atoms with van der Waals surface area (Å²) in [7, 11) is 0. The van der Waals surface area contributed by atoms with Crippen LogP contribution >= 0.6 is 11.6 Å². The van der Waals surface area contributed by atoms with Gasteiger partial charge in [0.1, 0.15) is 5.82 Å². The lowest BCUT2D eigenvalue weighted by atomic mass is 10.1. The Labute approximate surface area is 136 Å². The Morgan fingerprint density at radius 2 is 1.82 bits per heavy atom. The van der Waals surface area contributed by atoms with Crippen molar-refractivity contribution in [3.05, 3.63) is 58.9 Å². The summed E-state index contributed by atoms with van der Waals surface area (Å²) in [6, 6.07) is 11.7. The molecule has 0 heterocycles. The topological polar surface area (TPSA) is 61.4 Å². The second-order valence-electron chi connectivity index (χ2n) is 4.69. The standard InChI is InChI=1S/C15H16ClFN2O2S/c16-12-4-3-11(15(17)10-12)2-1-9-18-13-5-7-14(8-6-13)19-22(20)21/h3-8,10,18-19H,1-2,9H2,(H,20,21). The lowest BCUT2D eigenvalue weighted by Gasteiger charge is -2.08. The maximum atomic E-state index is 13.6. The highest BCUT2D eigenvalue weighted by Gasteiger charge is 2.02. The Hall–Kier alpha value is -1.63. The fraction of sp³-hybridized carbons (Fsp3) is 0.200. The van der Waals surface area contributed by atoms with Gasteiger partial charge in [0.05, 0.1) is 0 Å². The molecule has 1 atom stereocenters. The van der Waals surface area contributed by atoms with Crippen molar-refractivity contribution in [2.45, 2.75) is 12.8 Å². The van der Waals surface area contributed by atoms with Crippen LogP contribution in [0.15, 0.2) is 42.5 Å². The number of rotatable bonds is 7. The minimum Gasteiger partial charge on any atom is -0.385 e. The Balaban J connectivity index is 1.77. The van der Waals surface area contributed by atoms with Crippen molar-refractivity contribution in [3.63, 3.8) is 0 Å². The van der Waals surface area contributed by atoms with Crippen molar-refractivity contribution < 1.29 is 13.2 Å². The first-order valence-corrected chi connectivity index (χ1v) is 8.18. The molecule has 0 aromatic heterocycles. The van der Waals surface area contributed by atoms with E-state index in [2.05, 4.69) is 10.0 Å². The maximum Gasteiger partial charge on any atom is 0.259 e. The van der Waals surface area contributed by atoms with E-state index in [0.717, 1.165) is 12.1 Å². The quantitative estimate of drug-likeness (QED) is 0.525. The fourth-order valence-corrected chi connectivity index (χ4v) is 2.49. The van der Waals surface area contributed by atoms with Crippen LogP contribution < -0.4 is 10.0 Å². The third-order valence-corrected chi connectivity index (χ3v) is 3.70. The van der Waals surface area contributed by atoms with Gasteiger partial charge in [0.2, 0.25) is 0 Å². The molecule has 1 unspecified atom stereocenters. The van der Waals surface area contributed by atoms with Crippen LogP contribution in [0.4, 0.5) is 15.8 Å². The molecule has 0 fully saturated rings. The van der Waals surface area contributed by atoms with Crippen LogP contribution in [0.2, 0.25) is 5.02 Å². The van der Waals surface area contributed by atoms with Crippen LogP contribution in [0.1, 0.15) is 12.0 Å². The predicted molar refractivity (Wildman–Crippen MR) is 89.1 cm³/mol. The molecule has 0 saturated heterocycles. The summed E-state index contributed by atoms with van der Waals surface area (Å²) in [5.41, 5.74) is 2.11. The maximum absolute atomic E-state index is 13.6. The normalized spacial score (nSPS) is 12.0. The molecule has 2 rings (SSSR count). The van der Waals surface area contributed by atoms with E-state index in [4.69, 9.17) is 16.2 Å². The van der Waals surface area contributed by atoms with Gasteiger partial charge in [-0.05, 0) is 54.8 Å².